The molecule has 0 unspecified atom stereocenters. The van der Waals surface area contributed by atoms with Crippen molar-refractivity contribution in [2.45, 2.75) is 6.42 Å². The normalized spacial score (nSPS) is 15.2. The van der Waals surface area contributed by atoms with E-state index >= 15 is 0 Å². The molecule has 0 aromatic heterocycles. The van der Waals surface area contributed by atoms with E-state index in [4.69, 9.17) is 16.7 Å². The van der Waals surface area contributed by atoms with Crippen LogP contribution in [0.5, 0.6) is 0 Å². The second kappa shape index (κ2) is 5.32. The Morgan fingerprint density at radius 3 is 2.47 bits per heavy atom. The number of carboxylic acid groups (broad SMARTS) is 1. The summed E-state index contributed by atoms with van der Waals surface area (Å²) in [4.78, 5) is 23.7. The fourth-order valence-electron chi connectivity index (χ4n) is 1.88. The molecule has 1 aliphatic rings. The lowest BCUT2D eigenvalue weighted by Gasteiger charge is -2.15. The Morgan fingerprint density at radius 2 is 1.95 bits per heavy atom. The molecule has 0 spiro atoms. The van der Waals surface area contributed by atoms with E-state index in [9.17, 15) is 14.7 Å². The Morgan fingerprint density at radius 1 is 1.32 bits per heavy atom. The van der Waals surface area contributed by atoms with E-state index in [0.29, 0.717) is 18.0 Å². The molecule has 2 rings (SSSR count). The summed E-state index contributed by atoms with van der Waals surface area (Å²) >= 11 is 5.77. The minimum Gasteiger partial charge on any atom is -0.503 e. The Balaban J connectivity index is 1.97. The van der Waals surface area contributed by atoms with Crippen molar-refractivity contribution in [2.75, 3.05) is 13.1 Å². The number of aliphatic carboxylic acids is 1. The van der Waals surface area contributed by atoms with Gasteiger partial charge in [0.15, 0.2) is 5.76 Å². The van der Waals surface area contributed by atoms with Gasteiger partial charge in [0.05, 0.1) is 6.54 Å². The van der Waals surface area contributed by atoms with Gasteiger partial charge in [-0.15, -0.1) is 0 Å². The summed E-state index contributed by atoms with van der Waals surface area (Å²) in [5.41, 5.74) is 0.738. The average Bonchev–Trinajstić information content (AvgIpc) is 2.66. The van der Waals surface area contributed by atoms with Gasteiger partial charge in [-0.3, -0.25) is 4.79 Å². The molecule has 0 saturated carbocycles. The van der Waals surface area contributed by atoms with Gasteiger partial charge in [-0.25, -0.2) is 4.79 Å². The third kappa shape index (κ3) is 2.88. The molecule has 0 atom stereocenters. The highest BCUT2D eigenvalue weighted by Crippen LogP contribution is 2.18. The van der Waals surface area contributed by atoms with Crippen LogP contribution in [0.25, 0.3) is 0 Å². The Labute approximate surface area is 114 Å². The van der Waals surface area contributed by atoms with E-state index in [1.807, 2.05) is 12.1 Å². The maximum atomic E-state index is 11.6. The smallest absolute Gasteiger partial charge is 0.337 e. The van der Waals surface area contributed by atoms with Crippen LogP contribution >= 0.6 is 11.6 Å². The van der Waals surface area contributed by atoms with E-state index in [-0.39, 0.29) is 12.1 Å². The van der Waals surface area contributed by atoms with Gasteiger partial charge in [-0.1, -0.05) is 23.7 Å². The third-order valence-electron chi connectivity index (χ3n) is 2.97. The zero-order valence-corrected chi connectivity index (χ0v) is 10.7. The summed E-state index contributed by atoms with van der Waals surface area (Å²) in [5, 5.41) is 18.9. The number of nitrogens with zero attached hydrogens (tertiary/aromatic N) is 1. The number of halogens is 1. The zero-order chi connectivity index (χ0) is 14.0. The zero-order valence-electron chi connectivity index (χ0n) is 9.97. The molecule has 19 heavy (non-hydrogen) atoms. The first-order valence-electron chi connectivity index (χ1n) is 5.68. The highest BCUT2D eigenvalue weighted by atomic mass is 35.5. The molecule has 6 heteroatoms. The van der Waals surface area contributed by atoms with Gasteiger partial charge in [-0.2, -0.15) is 0 Å². The van der Waals surface area contributed by atoms with E-state index in [1.54, 1.807) is 12.1 Å². The summed E-state index contributed by atoms with van der Waals surface area (Å²) in [6.45, 7) is 0.287. The number of aliphatic hydroxyl groups is 1. The van der Waals surface area contributed by atoms with Gasteiger partial charge >= 0.3 is 5.97 Å². The fraction of sp³-hybridized carbons (Fsp3) is 0.231. The van der Waals surface area contributed by atoms with Crippen molar-refractivity contribution in [1.82, 2.24) is 4.90 Å². The summed E-state index contributed by atoms with van der Waals surface area (Å²) in [7, 11) is 0. The van der Waals surface area contributed by atoms with E-state index in [0.717, 1.165) is 5.56 Å². The predicted molar refractivity (Wildman–Crippen MR) is 69.0 cm³/mol. The Kier molecular flexibility index (Phi) is 3.76. The number of benzene rings is 1. The standard InChI is InChI=1S/C13H12ClNO4/c14-9-3-1-8(2-4-9)5-6-15-7-10(13(18)19)11(16)12(15)17/h1-4,16H,5-7H2,(H,18,19). The molecule has 0 fully saturated rings. The first-order chi connectivity index (χ1) is 8.99. The fourth-order valence-corrected chi connectivity index (χ4v) is 2.01. The largest absolute Gasteiger partial charge is 0.503 e. The molecule has 1 aliphatic heterocycles. The monoisotopic (exact) mass is 281 g/mol. The third-order valence-corrected chi connectivity index (χ3v) is 3.22. The van der Waals surface area contributed by atoms with Crippen LogP contribution in [0, 0.1) is 0 Å². The molecule has 0 radical (unpaired) electrons. The highest BCUT2D eigenvalue weighted by Gasteiger charge is 2.33. The van der Waals surface area contributed by atoms with Crippen LogP contribution < -0.4 is 0 Å². The van der Waals surface area contributed by atoms with Crippen LogP contribution in [-0.2, 0) is 16.0 Å². The quantitative estimate of drug-likeness (QED) is 0.879. The van der Waals surface area contributed by atoms with Crippen LogP contribution in [0.4, 0.5) is 0 Å². The number of amides is 1. The second-order valence-electron chi connectivity index (χ2n) is 4.24. The van der Waals surface area contributed by atoms with Crippen molar-refractivity contribution in [1.29, 1.82) is 0 Å². The highest BCUT2D eigenvalue weighted by molar-refractivity contribution is 6.30. The minimum atomic E-state index is -1.26. The molecule has 100 valence electrons. The number of carbonyl (C=O) groups excluding carboxylic acids is 1. The minimum absolute atomic E-state index is 0.0619. The molecule has 1 heterocycles. The van der Waals surface area contributed by atoms with Crippen LogP contribution in [-0.4, -0.2) is 40.1 Å². The molecule has 0 bridgehead atoms. The number of hydrogen-bond acceptors (Lipinski definition) is 3. The molecule has 1 aromatic rings. The summed E-state index contributed by atoms with van der Waals surface area (Å²) in [5.74, 6) is -2.56. The second-order valence-corrected chi connectivity index (χ2v) is 4.67. The SMILES string of the molecule is O=C(O)C1=C(O)C(=O)N(CCc2ccc(Cl)cc2)C1. The number of hydrogen-bond donors (Lipinski definition) is 2. The lowest BCUT2D eigenvalue weighted by molar-refractivity contribution is -0.133. The number of rotatable bonds is 4. The summed E-state index contributed by atoms with van der Waals surface area (Å²) < 4.78 is 0. The van der Waals surface area contributed by atoms with Gasteiger partial charge < -0.3 is 15.1 Å². The predicted octanol–water partition coefficient (Wildman–Crippen LogP) is 1.62. The van der Waals surface area contributed by atoms with Crippen molar-refractivity contribution in [3.8, 4) is 0 Å². The summed E-state index contributed by atoms with van der Waals surface area (Å²) in [6.07, 6.45) is 0.573. The Hall–Kier alpha value is -2.01. The van der Waals surface area contributed by atoms with E-state index in [2.05, 4.69) is 0 Å². The van der Waals surface area contributed by atoms with Crippen LogP contribution in [0.15, 0.2) is 35.6 Å². The number of aliphatic hydroxyl groups excluding tert-OH is 1. The van der Waals surface area contributed by atoms with Crippen LogP contribution in [0.3, 0.4) is 0 Å². The number of carbonyl (C=O) groups is 2. The molecule has 1 aromatic carbocycles. The topological polar surface area (TPSA) is 77.8 Å². The van der Waals surface area contributed by atoms with Gasteiger partial charge in [0.1, 0.15) is 5.57 Å². The lowest BCUT2D eigenvalue weighted by atomic mass is 10.1. The summed E-state index contributed by atoms with van der Waals surface area (Å²) in [6, 6.07) is 7.19. The lowest BCUT2D eigenvalue weighted by Crippen LogP contribution is -2.29. The van der Waals surface area contributed by atoms with Crippen LogP contribution in [0.2, 0.25) is 5.02 Å². The molecule has 0 aliphatic carbocycles. The van der Waals surface area contributed by atoms with Crippen molar-refractivity contribution < 1.29 is 19.8 Å². The molecular formula is C13H12ClNO4. The van der Waals surface area contributed by atoms with E-state index in [1.165, 1.54) is 4.90 Å². The van der Waals surface area contributed by atoms with Gasteiger partial charge in [0, 0.05) is 11.6 Å². The first-order valence-corrected chi connectivity index (χ1v) is 6.06. The molecule has 0 saturated heterocycles. The molecule has 2 N–H and O–H groups in total. The first kappa shape index (κ1) is 13.4. The van der Waals surface area contributed by atoms with Crippen LogP contribution in [0.1, 0.15) is 5.56 Å². The van der Waals surface area contributed by atoms with Crippen molar-refractivity contribution in [3.63, 3.8) is 0 Å². The van der Waals surface area contributed by atoms with Gasteiger partial charge in [-0.05, 0) is 24.1 Å². The van der Waals surface area contributed by atoms with Crippen molar-refractivity contribution in [2.24, 2.45) is 0 Å². The molecular weight excluding hydrogens is 270 g/mol. The maximum absolute atomic E-state index is 11.6. The average molecular weight is 282 g/mol. The molecule has 5 nitrogen and oxygen atoms in total. The molecule has 1 amide bonds. The van der Waals surface area contributed by atoms with E-state index < -0.39 is 17.6 Å². The van der Waals surface area contributed by atoms with Gasteiger partial charge in [0.25, 0.3) is 5.91 Å². The Bertz CT molecular complexity index is 550. The number of carboxylic acids is 1. The van der Waals surface area contributed by atoms with Gasteiger partial charge in [0.2, 0.25) is 0 Å². The maximum Gasteiger partial charge on any atom is 0.337 e. The van der Waals surface area contributed by atoms with Crippen molar-refractivity contribution in [3.05, 3.63) is 46.2 Å². The van der Waals surface area contributed by atoms with Crippen molar-refractivity contribution >= 4 is 23.5 Å².